The van der Waals surface area contributed by atoms with Gasteiger partial charge in [-0.3, -0.25) is 4.79 Å². The molecule has 0 spiro atoms. The van der Waals surface area contributed by atoms with Gasteiger partial charge in [-0.1, -0.05) is 33.8 Å². The maximum absolute atomic E-state index is 12.7. The highest BCUT2D eigenvalue weighted by atomic mass is 16.5. The number of fused-ring (bicyclic) bond motifs is 1. The Morgan fingerprint density at radius 1 is 1.00 bits per heavy atom. The van der Waals surface area contributed by atoms with Crippen molar-refractivity contribution in [2.45, 2.75) is 51.4 Å². The van der Waals surface area contributed by atoms with Gasteiger partial charge in [-0.05, 0) is 46.9 Å². The zero-order valence-corrected chi connectivity index (χ0v) is 16.4. The molecule has 0 fully saturated rings. The SMILES string of the molecule is COC(=O)c1ncc(NC(=O)c2ccc3c(c2)C(C)(C)CCC3(C)C)cn1. The van der Waals surface area contributed by atoms with Crippen LogP contribution in [0.4, 0.5) is 5.69 Å². The number of ether oxygens (including phenoxy) is 1. The van der Waals surface area contributed by atoms with Crippen molar-refractivity contribution in [2.24, 2.45) is 0 Å². The summed E-state index contributed by atoms with van der Waals surface area (Å²) >= 11 is 0. The van der Waals surface area contributed by atoms with Crippen molar-refractivity contribution in [1.29, 1.82) is 0 Å². The molecule has 0 aliphatic heterocycles. The van der Waals surface area contributed by atoms with Crippen LogP contribution in [-0.4, -0.2) is 29.0 Å². The van der Waals surface area contributed by atoms with Crippen molar-refractivity contribution in [2.75, 3.05) is 12.4 Å². The lowest BCUT2D eigenvalue weighted by Crippen LogP contribution is -2.34. The summed E-state index contributed by atoms with van der Waals surface area (Å²) in [6.45, 7) is 8.95. The van der Waals surface area contributed by atoms with Crippen LogP contribution in [0.15, 0.2) is 30.6 Å². The zero-order valence-electron chi connectivity index (χ0n) is 16.4. The quantitative estimate of drug-likeness (QED) is 0.833. The fourth-order valence-electron chi connectivity index (χ4n) is 3.52. The monoisotopic (exact) mass is 367 g/mol. The first-order valence-corrected chi connectivity index (χ1v) is 9.01. The maximum Gasteiger partial charge on any atom is 0.376 e. The molecule has 0 atom stereocenters. The van der Waals surface area contributed by atoms with Crippen molar-refractivity contribution in [3.8, 4) is 0 Å². The number of hydrogen-bond donors (Lipinski definition) is 1. The molecule has 142 valence electrons. The van der Waals surface area contributed by atoms with Gasteiger partial charge in [0.15, 0.2) is 0 Å². The van der Waals surface area contributed by atoms with E-state index in [9.17, 15) is 9.59 Å². The average molecular weight is 367 g/mol. The minimum absolute atomic E-state index is 0.0341. The van der Waals surface area contributed by atoms with Gasteiger partial charge < -0.3 is 10.1 Å². The number of anilines is 1. The van der Waals surface area contributed by atoms with E-state index in [1.54, 1.807) is 0 Å². The number of nitrogens with zero attached hydrogens (tertiary/aromatic N) is 2. The van der Waals surface area contributed by atoms with Crippen molar-refractivity contribution in [3.63, 3.8) is 0 Å². The van der Waals surface area contributed by atoms with E-state index in [1.165, 1.54) is 30.6 Å². The van der Waals surface area contributed by atoms with Crippen LogP contribution in [0.1, 0.15) is 72.6 Å². The molecule has 27 heavy (non-hydrogen) atoms. The van der Waals surface area contributed by atoms with Crippen LogP contribution in [-0.2, 0) is 15.6 Å². The fourth-order valence-corrected chi connectivity index (χ4v) is 3.52. The molecule has 0 unspecified atom stereocenters. The van der Waals surface area contributed by atoms with E-state index in [4.69, 9.17) is 0 Å². The lowest BCUT2D eigenvalue weighted by molar-refractivity contribution is 0.0586. The van der Waals surface area contributed by atoms with E-state index in [0.29, 0.717) is 11.3 Å². The van der Waals surface area contributed by atoms with E-state index >= 15 is 0 Å². The fraction of sp³-hybridized carbons (Fsp3) is 0.429. The number of benzene rings is 1. The summed E-state index contributed by atoms with van der Waals surface area (Å²) in [4.78, 5) is 31.9. The Labute approximate surface area is 159 Å². The van der Waals surface area contributed by atoms with Gasteiger partial charge in [0, 0.05) is 5.56 Å². The molecular weight excluding hydrogens is 342 g/mol. The number of hydrogen-bond acceptors (Lipinski definition) is 5. The number of carbonyl (C=O) groups is 2. The number of carbonyl (C=O) groups excluding carboxylic acids is 2. The van der Waals surface area contributed by atoms with Crippen LogP contribution in [0, 0.1) is 0 Å². The molecule has 1 N–H and O–H groups in total. The number of rotatable bonds is 3. The second-order valence-electron chi connectivity index (χ2n) is 8.27. The highest BCUT2D eigenvalue weighted by molar-refractivity contribution is 6.04. The van der Waals surface area contributed by atoms with Gasteiger partial charge in [-0.15, -0.1) is 0 Å². The van der Waals surface area contributed by atoms with E-state index in [1.807, 2.05) is 12.1 Å². The first-order valence-electron chi connectivity index (χ1n) is 9.01. The second-order valence-corrected chi connectivity index (χ2v) is 8.27. The second kappa shape index (κ2) is 6.76. The van der Waals surface area contributed by atoms with Gasteiger partial charge in [0.1, 0.15) is 0 Å². The van der Waals surface area contributed by atoms with E-state index < -0.39 is 5.97 Å². The lowest BCUT2D eigenvalue weighted by atomic mass is 9.63. The number of amides is 1. The summed E-state index contributed by atoms with van der Waals surface area (Å²) in [6, 6.07) is 5.93. The topological polar surface area (TPSA) is 81.2 Å². The van der Waals surface area contributed by atoms with Gasteiger partial charge >= 0.3 is 5.97 Å². The number of aromatic nitrogens is 2. The molecule has 1 aromatic carbocycles. The highest BCUT2D eigenvalue weighted by Gasteiger charge is 2.37. The predicted molar refractivity (Wildman–Crippen MR) is 103 cm³/mol. The van der Waals surface area contributed by atoms with Crippen molar-refractivity contribution in [1.82, 2.24) is 9.97 Å². The Hall–Kier alpha value is -2.76. The van der Waals surface area contributed by atoms with Crippen LogP contribution >= 0.6 is 0 Å². The van der Waals surface area contributed by atoms with Gasteiger partial charge in [-0.25, -0.2) is 14.8 Å². The van der Waals surface area contributed by atoms with Gasteiger partial charge in [0.2, 0.25) is 5.82 Å². The van der Waals surface area contributed by atoms with Crippen LogP contribution in [0.3, 0.4) is 0 Å². The smallest absolute Gasteiger partial charge is 0.376 e. The molecule has 6 heteroatoms. The molecule has 0 saturated carbocycles. The summed E-state index contributed by atoms with van der Waals surface area (Å²) in [5, 5.41) is 2.78. The zero-order chi connectivity index (χ0) is 19.8. The molecule has 3 rings (SSSR count). The summed E-state index contributed by atoms with van der Waals surface area (Å²) in [7, 11) is 1.26. The molecule has 0 radical (unpaired) electrons. The highest BCUT2D eigenvalue weighted by Crippen LogP contribution is 2.45. The van der Waals surface area contributed by atoms with Crippen LogP contribution in [0.25, 0.3) is 0 Å². The Morgan fingerprint density at radius 3 is 2.19 bits per heavy atom. The van der Waals surface area contributed by atoms with E-state index in [2.05, 4.69) is 53.8 Å². The minimum atomic E-state index is -0.618. The third kappa shape index (κ3) is 3.70. The van der Waals surface area contributed by atoms with Crippen molar-refractivity contribution < 1.29 is 14.3 Å². The first-order chi connectivity index (χ1) is 12.6. The summed E-state index contributed by atoms with van der Waals surface area (Å²) in [6.07, 6.45) is 4.99. The molecule has 1 aliphatic rings. The molecule has 1 aliphatic carbocycles. The lowest BCUT2D eigenvalue weighted by Gasteiger charge is -2.42. The standard InChI is InChI=1S/C21H25N3O3/c1-20(2)8-9-21(3,4)16-10-13(6-7-15(16)20)18(25)24-14-11-22-17(23-12-14)19(26)27-5/h6-7,10-12H,8-9H2,1-5H3,(H,24,25). The van der Waals surface area contributed by atoms with Gasteiger partial charge in [-0.2, -0.15) is 0 Å². The normalized spacial score (nSPS) is 16.9. The molecule has 0 saturated heterocycles. The third-order valence-corrected chi connectivity index (χ3v) is 5.39. The van der Waals surface area contributed by atoms with Crippen LogP contribution < -0.4 is 5.32 Å². The number of esters is 1. The predicted octanol–water partition coefficient (Wildman–Crippen LogP) is 3.86. The van der Waals surface area contributed by atoms with E-state index in [-0.39, 0.29) is 22.6 Å². The van der Waals surface area contributed by atoms with E-state index in [0.717, 1.165) is 12.8 Å². The largest absolute Gasteiger partial charge is 0.463 e. The Bertz CT molecular complexity index is 886. The first kappa shape index (κ1) is 19.0. The average Bonchev–Trinajstić information content (AvgIpc) is 2.65. The Balaban J connectivity index is 1.85. The molecule has 6 nitrogen and oxygen atoms in total. The van der Waals surface area contributed by atoms with Crippen LogP contribution in [0.5, 0.6) is 0 Å². The molecule has 1 amide bonds. The summed E-state index contributed by atoms with van der Waals surface area (Å²) < 4.78 is 4.56. The van der Waals surface area contributed by atoms with Gasteiger partial charge in [0.25, 0.3) is 5.91 Å². The summed E-state index contributed by atoms with van der Waals surface area (Å²) in [5.74, 6) is -0.896. The van der Waals surface area contributed by atoms with Crippen molar-refractivity contribution >= 4 is 17.6 Å². The van der Waals surface area contributed by atoms with Crippen molar-refractivity contribution in [3.05, 3.63) is 53.1 Å². The third-order valence-electron chi connectivity index (χ3n) is 5.39. The Kier molecular flexibility index (Phi) is 4.76. The number of nitrogens with one attached hydrogen (secondary N) is 1. The molecule has 0 bridgehead atoms. The minimum Gasteiger partial charge on any atom is -0.463 e. The Morgan fingerprint density at radius 2 is 1.59 bits per heavy atom. The summed E-state index contributed by atoms with van der Waals surface area (Å²) in [5.41, 5.74) is 3.69. The molecule has 1 heterocycles. The van der Waals surface area contributed by atoms with Crippen LogP contribution in [0.2, 0.25) is 0 Å². The number of methoxy groups -OCH3 is 1. The molecule has 2 aromatic rings. The maximum atomic E-state index is 12.7. The molecule has 1 aromatic heterocycles. The van der Waals surface area contributed by atoms with Gasteiger partial charge in [0.05, 0.1) is 25.2 Å². The molecular formula is C21H25N3O3.